The highest BCUT2D eigenvalue weighted by molar-refractivity contribution is 6.31. The van der Waals surface area contributed by atoms with E-state index in [1.165, 1.54) is 12.1 Å². The summed E-state index contributed by atoms with van der Waals surface area (Å²) in [7, 11) is 1.56. The van der Waals surface area contributed by atoms with Crippen LogP contribution in [0, 0.1) is 19.7 Å². The van der Waals surface area contributed by atoms with E-state index in [2.05, 4.69) is 20.6 Å². The highest BCUT2D eigenvalue weighted by Gasteiger charge is 2.22. The first kappa shape index (κ1) is 20.9. The molecule has 7 nitrogen and oxygen atoms in total. The van der Waals surface area contributed by atoms with Crippen LogP contribution in [0.2, 0.25) is 5.02 Å². The van der Waals surface area contributed by atoms with Crippen LogP contribution in [0.3, 0.4) is 0 Å². The number of halogens is 2. The Morgan fingerprint density at radius 2 is 1.90 bits per heavy atom. The molecule has 0 radical (unpaired) electrons. The highest BCUT2D eigenvalue weighted by atomic mass is 35.5. The molecule has 0 bridgehead atoms. The normalized spacial score (nSPS) is 11.1. The molecule has 2 heterocycles. The summed E-state index contributed by atoms with van der Waals surface area (Å²) in [4.78, 5) is 12.8. The maximum Gasteiger partial charge on any atom is 0.278 e. The number of nitrogens with one attached hydrogen (secondary N) is 1. The molecule has 0 spiro atoms. The minimum Gasteiger partial charge on any atom is -0.378 e. The number of nitrogens with zero attached hydrogens (tertiary/aromatic N) is 4. The molecule has 2 aromatic carbocycles. The number of rotatable bonds is 5. The maximum atomic E-state index is 13.4. The molecule has 2 aromatic heterocycles. The molecule has 0 unspecified atom stereocenters. The molecular weight excluding hydrogens is 421 g/mol. The summed E-state index contributed by atoms with van der Waals surface area (Å²) in [6.07, 6.45) is 0. The zero-order valence-corrected chi connectivity index (χ0v) is 17.9. The van der Waals surface area contributed by atoms with Gasteiger partial charge in [0.2, 0.25) is 0 Å². The predicted molar refractivity (Wildman–Crippen MR) is 116 cm³/mol. The van der Waals surface area contributed by atoms with E-state index in [-0.39, 0.29) is 18.1 Å². The van der Waals surface area contributed by atoms with Crippen molar-refractivity contribution in [3.8, 4) is 11.1 Å². The number of benzene rings is 2. The van der Waals surface area contributed by atoms with Crippen molar-refractivity contribution in [2.45, 2.75) is 20.5 Å². The van der Waals surface area contributed by atoms with Crippen LogP contribution in [-0.4, -0.2) is 32.8 Å². The van der Waals surface area contributed by atoms with Gasteiger partial charge in [-0.1, -0.05) is 29.8 Å². The van der Waals surface area contributed by atoms with E-state index in [1.54, 1.807) is 42.8 Å². The molecule has 0 saturated carbocycles. The fourth-order valence-electron chi connectivity index (χ4n) is 3.27. The van der Waals surface area contributed by atoms with E-state index in [9.17, 15) is 9.18 Å². The fraction of sp³-hybridized carbons (Fsp3) is 0.182. The molecule has 9 heteroatoms. The Bertz CT molecular complexity index is 1290. The van der Waals surface area contributed by atoms with Gasteiger partial charge in [0.15, 0.2) is 11.3 Å². The number of carbonyl (C=O) groups is 1. The summed E-state index contributed by atoms with van der Waals surface area (Å²) >= 11 is 6.14. The monoisotopic (exact) mass is 439 g/mol. The average Bonchev–Trinajstić information content (AvgIpc) is 3.11. The van der Waals surface area contributed by atoms with E-state index in [0.717, 1.165) is 11.1 Å². The fourth-order valence-corrected chi connectivity index (χ4v) is 3.45. The second kappa shape index (κ2) is 8.41. The average molecular weight is 440 g/mol. The zero-order valence-electron chi connectivity index (χ0n) is 17.1. The smallest absolute Gasteiger partial charge is 0.278 e. The lowest BCUT2D eigenvalue weighted by Crippen LogP contribution is -2.18. The largest absolute Gasteiger partial charge is 0.378 e. The Kier molecular flexibility index (Phi) is 5.67. The summed E-state index contributed by atoms with van der Waals surface area (Å²) in [5, 5.41) is 16.3. The van der Waals surface area contributed by atoms with Crippen LogP contribution < -0.4 is 5.32 Å². The molecule has 1 N–H and O–H groups in total. The number of carbonyl (C=O) groups excluding carboxylic acids is 1. The van der Waals surface area contributed by atoms with Crippen LogP contribution in [0.25, 0.3) is 16.8 Å². The maximum absolute atomic E-state index is 13.4. The number of anilines is 1. The lowest BCUT2D eigenvalue weighted by molar-refractivity contribution is 0.102. The topological polar surface area (TPSA) is 81.4 Å². The van der Waals surface area contributed by atoms with Crippen molar-refractivity contribution in [3.63, 3.8) is 0 Å². The van der Waals surface area contributed by atoms with E-state index >= 15 is 0 Å². The van der Waals surface area contributed by atoms with Gasteiger partial charge in [0.25, 0.3) is 5.91 Å². The van der Waals surface area contributed by atoms with Crippen LogP contribution in [-0.2, 0) is 11.3 Å². The van der Waals surface area contributed by atoms with Crippen molar-refractivity contribution in [1.29, 1.82) is 0 Å². The minimum atomic E-state index is -0.432. The summed E-state index contributed by atoms with van der Waals surface area (Å²) in [6.45, 7) is 3.83. The van der Waals surface area contributed by atoms with Gasteiger partial charge in [-0.2, -0.15) is 5.10 Å². The Hall–Kier alpha value is -3.36. The van der Waals surface area contributed by atoms with Crippen LogP contribution in [0.15, 0.2) is 42.5 Å². The molecule has 0 aliphatic rings. The number of amides is 1. The quantitative estimate of drug-likeness (QED) is 0.491. The van der Waals surface area contributed by atoms with Crippen molar-refractivity contribution in [2.24, 2.45) is 0 Å². The number of hydrogen-bond acceptors (Lipinski definition) is 5. The number of hydrogen-bond donors (Lipinski definition) is 1. The Morgan fingerprint density at radius 1 is 1.16 bits per heavy atom. The lowest BCUT2D eigenvalue weighted by Gasteiger charge is -2.09. The van der Waals surface area contributed by atoms with Gasteiger partial charge in [0, 0.05) is 17.8 Å². The van der Waals surface area contributed by atoms with Crippen LogP contribution in [0.5, 0.6) is 0 Å². The number of aromatic nitrogens is 4. The SMILES string of the molecule is COCc1nn2c(C)c(C(=O)Nc3ccc(C)c(Cl)c3)nnc2c1-c1ccc(F)cc1. The van der Waals surface area contributed by atoms with Crippen molar-refractivity contribution in [3.05, 3.63) is 75.9 Å². The molecule has 0 saturated heterocycles. The van der Waals surface area contributed by atoms with Gasteiger partial charge in [-0.15, -0.1) is 10.2 Å². The molecule has 1 amide bonds. The number of methoxy groups -OCH3 is 1. The van der Waals surface area contributed by atoms with Crippen molar-refractivity contribution in [1.82, 2.24) is 19.8 Å². The van der Waals surface area contributed by atoms with Crippen LogP contribution in [0.1, 0.15) is 27.4 Å². The predicted octanol–water partition coefficient (Wildman–Crippen LogP) is 4.60. The number of fused-ring (bicyclic) bond motifs is 1. The Labute approximate surface area is 182 Å². The van der Waals surface area contributed by atoms with Gasteiger partial charge in [-0.25, -0.2) is 8.91 Å². The van der Waals surface area contributed by atoms with Gasteiger partial charge < -0.3 is 10.1 Å². The zero-order chi connectivity index (χ0) is 22.1. The molecule has 0 aliphatic carbocycles. The van der Waals surface area contributed by atoms with Gasteiger partial charge in [0.1, 0.15) is 5.82 Å². The third-order valence-electron chi connectivity index (χ3n) is 4.90. The minimum absolute atomic E-state index is 0.126. The standard InChI is InChI=1S/C22H19ClFN5O2/c1-12-4-9-16(10-17(12)23)25-22(30)20-13(2)29-21(27-26-20)19(18(28-29)11-31-3)14-5-7-15(24)8-6-14/h4-10H,11H2,1-3H3,(H,25,30). The van der Waals surface area contributed by atoms with Crippen molar-refractivity contribution >= 4 is 28.8 Å². The molecule has 31 heavy (non-hydrogen) atoms. The van der Waals surface area contributed by atoms with Gasteiger partial charge >= 0.3 is 0 Å². The first-order valence-corrected chi connectivity index (χ1v) is 9.84. The molecule has 158 valence electrons. The van der Waals surface area contributed by atoms with E-state index < -0.39 is 5.91 Å². The summed E-state index contributed by atoms with van der Waals surface area (Å²) in [5.41, 5.74) is 4.55. The molecule has 4 rings (SSSR count). The van der Waals surface area contributed by atoms with Crippen LogP contribution >= 0.6 is 11.6 Å². The number of aryl methyl sites for hydroxylation is 2. The summed E-state index contributed by atoms with van der Waals surface area (Å²) in [5.74, 6) is -0.773. The Morgan fingerprint density at radius 3 is 2.58 bits per heavy atom. The third-order valence-corrected chi connectivity index (χ3v) is 5.30. The van der Waals surface area contributed by atoms with Crippen LogP contribution in [0.4, 0.5) is 10.1 Å². The highest BCUT2D eigenvalue weighted by Crippen LogP contribution is 2.29. The lowest BCUT2D eigenvalue weighted by atomic mass is 10.1. The third kappa shape index (κ3) is 3.99. The molecule has 0 aliphatic heterocycles. The second-order valence-corrected chi connectivity index (χ2v) is 7.46. The molecular formula is C22H19ClFN5O2. The van der Waals surface area contributed by atoms with Gasteiger partial charge in [-0.05, 0) is 49.2 Å². The summed E-state index contributed by atoms with van der Waals surface area (Å²) in [6, 6.07) is 11.3. The first-order valence-electron chi connectivity index (χ1n) is 9.46. The molecule has 4 aromatic rings. The first-order chi connectivity index (χ1) is 14.9. The van der Waals surface area contributed by atoms with E-state index in [0.29, 0.717) is 33.3 Å². The van der Waals surface area contributed by atoms with Crippen molar-refractivity contribution < 1.29 is 13.9 Å². The Balaban J connectivity index is 1.77. The van der Waals surface area contributed by atoms with E-state index in [4.69, 9.17) is 16.3 Å². The number of ether oxygens (including phenoxy) is 1. The van der Waals surface area contributed by atoms with E-state index in [1.807, 2.05) is 13.0 Å². The van der Waals surface area contributed by atoms with Crippen molar-refractivity contribution in [2.75, 3.05) is 12.4 Å². The second-order valence-electron chi connectivity index (χ2n) is 7.05. The molecule has 0 fully saturated rings. The molecule has 0 atom stereocenters. The van der Waals surface area contributed by atoms with Gasteiger partial charge in [0.05, 0.1) is 23.6 Å². The van der Waals surface area contributed by atoms with Gasteiger partial charge in [-0.3, -0.25) is 4.79 Å². The summed E-state index contributed by atoms with van der Waals surface area (Å²) < 4.78 is 20.2.